The van der Waals surface area contributed by atoms with E-state index in [0.29, 0.717) is 13.0 Å². The van der Waals surface area contributed by atoms with Crippen LogP contribution in [0.15, 0.2) is 30.3 Å². The van der Waals surface area contributed by atoms with Gasteiger partial charge in [0.05, 0.1) is 0 Å². The maximum Gasteiger partial charge on any atom is 0.221 e. The Bertz CT molecular complexity index is 311. The highest BCUT2D eigenvalue weighted by atomic mass is 16.1. The molecular weight excluding hydrogens is 212 g/mol. The van der Waals surface area contributed by atoms with Gasteiger partial charge in [-0.1, -0.05) is 30.3 Å². The Balaban J connectivity index is 1.96. The summed E-state index contributed by atoms with van der Waals surface area (Å²) in [6.07, 6.45) is 2.77. The molecule has 0 spiro atoms. The standard InChI is InChI=1S/C14H22N2O/c1-2-16-14(17)10-12-15-11-6-9-13-7-4-3-5-8-13/h3-5,7-8,15H,2,6,9-12H2,1H3,(H,16,17). The van der Waals surface area contributed by atoms with Gasteiger partial charge in [-0.3, -0.25) is 4.79 Å². The zero-order chi connectivity index (χ0) is 12.3. The number of carbonyl (C=O) groups is 1. The molecule has 0 radical (unpaired) electrons. The molecule has 0 atom stereocenters. The summed E-state index contributed by atoms with van der Waals surface area (Å²) in [4.78, 5) is 11.1. The van der Waals surface area contributed by atoms with Gasteiger partial charge in [-0.15, -0.1) is 0 Å². The van der Waals surface area contributed by atoms with Crippen LogP contribution in [0.1, 0.15) is 25.3 Å². The lowest BCUT2D eigenvalue weighted by Crippen LogP contribution is -2.27. The van der Waals surface area contributed by atoms with Gasteiger partial charge in [0.25, 0.3) is 0 Å². The lowest BCUT2D eigenvalue weighted by atomic mass is 10.1. The molecule has 1 aromatic carbocycles. The molecule has 0 unspecified atom stereocenters. The second-order valence-corrected chi connectivity index (χ2v) is 4.04. The quantitative estimate of drug-likeness (QED) is 0.673. The predicted molar refractivity (Wildman–Crippen MR) is 70.9 cm³/mol. The number of aryl methyl sites for hydroxylation is 1. The smallest absolute Gasteiger partial charge is 0.221 e. The average Bonchev–Trinajstić information content (AvgIpc) is 2.35. The Kier molecular flexibility index (Phi) is 7.07. The van der Waals surface area contributed by atoms with Crippen molar-refractivity contribution < 1.29 is 4.79 Å². The molecule has 0 heterocycles. The molecule has 0 aliphatic rings. The number of nitrogens with one attached hydrogen (secondary N) is 2. The molecule has 0 aromatic heterocycles. The molecule has 17 heavy (non-hydrogen) atoms. The monoisotopic (exact) mass is 234 g/mol. The summed E-state index contributed by atoms with van der Waals surface area (Å²) in [5, 5.41) is 6.07. The zero-order valence-electron chi connectivity index (χ0n) is 10.5. The molecule has 0 saturated carbocycles. The van der Waals surface area contributed by atoms with Crippen LogP contribution in [-0.4, -0.2) is 25.5 Å². The van der Waals surface area contributed by atoms with Gasteiger partial charge in [0.1, 0.15) is 0 Å². The molecule has 0 aliphatic carbocycles. The van der Waals surface area contributed by atoms with Crippen molar-refractivity contribution in [2.75, 3.05) is 19.6 Å². The third kappa shape index (κ3) is 6.74. The third-order valence-corrected chi connectivity index (χ3v) is 2.56. The van der Waals surface area contributed by atoms with Crippen LogP contribution in [0.2, 0.25) is 0 Å². The molecule has 94 valence electrons. The maximum atomic E-state index is 11.1. The first-order chi connectivity index (χ1) is 8.33. The van der Waals surface area contributed by atoms with Crippen molar-refractivity contribution in [3.63, 3.8) is 0 Å². The second kappa shape index (κ2) is 8.76. The SMILES string of the molecule is CCNC(=O)CCNCCCc1ccccc1. The van der Waals surface area contributed by atoms with E-state index in [1.165, 1.54) is 5.56 Å². The van der Waals surface area contributed by atoms with Gasteiger partial charge in [-0.2, -0.15) is 0 Å². The Morgan fingerprint density at radius 1 is 1.18 bits per heavy atom. The van der Waals surface area contributed by atoms with E-state index >= 15 is 0 Å². The minimum atomic E-state index is 0.128. The number of carbonyl (C=O) groups excluding carboxylic acids is 1. The second-order valence-electron chi connectivity index (χ2n) is 4.04. The van der Waals surface area contributed by atoms with Gasteiger partial charge in [0.15, 0.2) is 0 Å². The topological polar surface area (TPSA) is 41.1 Å². The molecule has 1 amide bonds. The van der Waals surface area contributed by atoms with Crippen LogP contribution < -0.4 is 10.6 Å². The van der Waals surface area contributed by atoms with Gasteiger partial charge < -0.3 is 10.6 Å². The molecule has 0 fully saturated rings. The van der Waals surface area contributed by atoms with Gasteiger partial charge in [-0.25, -0.2) is 0 Å². The van der Waals surface area contributed by atoms with Crippen molar-refractivity contribution in [3.05, 3.63) is 35.9 Å². The fourth-order valence-corrected chi connectivity index (χ4v) is 1.67. The lowest BCUT2D eigenvalue weighted by Gasteiger charge is -2.05. The Labute approximate surface area is 104 Å². The van der Waals surface area contributed by atoms with Crippen LogP contribution in [0.3, 0.4) is 0 Å². The van der Waals surface area contributed by atoms with E-state index in [9.17, 15) is 4.79 Å². The number of benzene rings is 1. The first kappa shape index (κ1) is 13.7. The molecular formula is C14H22N2O. The summed E-state index contributed by atoms with van der Waals surface area (Å²) in [6, 6.07) is 10.5. The predicted octanol–water partition coefficient (Wildman–Crippen LogP) is 1.73. The van der Waals surface area contributed by atoms with Crippen LogP contribution in [0.5, 0.6) is 0 Å². The molecule has 1 rings (SSSR count). The van der Waals surface area contributed by atoms with E-state index in [4.69, 9.17) is 0 Å². The normalized spacial score (nSPS) is 10.2. The van der Waals surface area contributed by atoms with E-state index in [0.717, 1.165) is 25.9 Å². The van der Waals surface area contributed by atoms with Crippen molar-refractivity contribution >= 4 is 5.91 Å². The average molecular weight is 234 g/mol. The summed E-state index contributed by atoms with van der Waals surface area (Å²) in [5.74, 6) is 0.128. The highest BCUT2D eigenvalue weighted by molar-refractivity contribution is 5.75. The number of rotatable bonds is 8. The first-order valence-corrected chi connectivity index (χ1v) is 6.34. The zero-order valence-corrected chi connectivity index (χ0v) is 10.5. The molecule has 2 N–H and O–H groups in total. The van der Waals surface area contributed by atoms with E-state index in [-0.39, 0.29) is 5.91 Å². The fraction of sp³-hybridized carbons (Fsp3) is 0.500. The summed E-state index contributed by atoms with van der Waals surface area (Å²) >= 11 is 0. The number of hydrogen-bond acceptors (Lipinski definition) is 2. The minimum absolute atomic E-state index is 0.128. The van der Waals surface area contributed by atoms with Crippen molar-refractivity contribution in [2.45, 2.75) is 26.2 Å². The van der Waals surface area contributed by atoms with E-state index < -0.39 is 0 Å². The van der Waals surface area contributed by atoms with Crippen molar-refractivity contribution in [1.29, 1.82) is 0 Å². The summed E-state index contributed by atoms with van der Waals surface area (Å²) in [7, 11) is 0. The van der Waals surface area contributed by atoms with Crippen molar-refractivity contribution in [1.82, 2.24) is 10.6 Å². The summed E-state index contributed by atoms with van der Waals surface area (Å²) in [5.41, 5.74) is 1.37. The lowest BCUT2D eigenvalue weighted by molar-refractivity contribution is -0.120. The fourth-order valence-electron chi connectivity index (χ4n) is 1.67. The van der Waals surface area contributed by atoms with Crippen molar-refractivity contribution in [2.24, 2.45) is 0 Å². The van der Waals surface area contributed by atoms with Crippen LogP contribution >= 0.6 is 0 Å². The first-order valence-electron chi connectivity index (χ1n) is 6.34. The molecule has 3 heteroatoms. The van der Waals surface area contributed by atoms with Crippen LogP contribution in [0.4, 0.5) is 0 Å². The van der Waals surface area contributed by atoms with E-state index in [1.54, 1.807) is 0 Å². The van der Waals surface area contributed by atoms with Crippen LogP contribution in [-0.2, 0) is 11.2 Å². The molecule has 0 aliphatic heterocycles. The molecule has 1 aromatic rings. The summed E-state index contributed by atoms with van der Waals surface area (Å²) < 4.78 is 0. The van der Waals surface area contributed by atoms with Gasteiger partial charge >= 0.3 is 0 Å². The van der Waals surface area contributed by atoms with Gasteiger partial charge in [0, 0.05) is 19.5 Å². The van der Waals surface area contributed by atoms with Crippen LogP contribution in [0.25, 0.3) is 0 Å². The highest BCUT2D eigenvalue weighted by Gasteiger charge is 1.97. The summed E-state index contributed by atoms with van der Waals surface area (Å²) in [6.45, 7) is 4.38. The van der Waals surface area contributed by atoms with Crippen molar-refractivity contribution in [3.8, 4) is 0 Å². The highest BCUT2D eigenvalue weighted by Crippen LogP contribution is 2.01. The largest absolute Gasteiger partial charge is 0.356 e. The maximum absolute atomic E-state index is 11.1. The number of amides is 1. The Morgan fingerprint density at radius 2 is 1.94 bits per heavy atom. The Hall–Kier alpha value is -1.35. The molecule has 3 nitrogen and oxygen atoms in total. The van der Waals surface area contributed by atoms with Gasteiger partial charge in [-0.05, 0) is 31.9 Å². The number of hydrogen-bond donors (Lipinski definition) is 2. The molecule has 0 saturated heterocycles. The third-order valence-electron chi connectivity index (χ3n) is 2.56. The Morgan fingerprint density at radius 3 is 2.65 bits per heavy atom. The van der Waals surface area contributed by atoms with E-state index in [2.05, 4.69) is 34.9 Å². The van der Waals surface area contributed by atoms with E-state index in [1.807, 2.05) is 13.0 Å². The van der Waals surface area contributed by atoms with Crippen LogP contribution in [0, 0.1) is 0 Å². The minimum Gasteiger partial charge on any atom is -0.356 e. The van der Waals surface area contributed by atoms with Gasteiger partial charge in [0.2, 0.25) is 5.91 Å². The molecule has 0 bridgehead atoms.